The van der Waals surface area contributed by atoms with E-state index in [1.807, 2.05) is 18.9 Å². The van der Waals surface area contributed by atoms with Gasteiger partial charge in [-0.25, -0.2) is 12.6 Å². The highest BCUT2D eigenvalue weighted by Gasteiger charge is 2.17. The highest BCUT2D eigenvalue weighted by atomic mass is 32.3. The molecule has 0 saturated heterocycles. The molecule has 1 aromatic carbocycles. The summed E-state index contributed by atoms with van der Waals surface area (Å²) in [5.74, 6) is -0.536. The summed E-state index contributed by atoms with van der Waals surface area (Å²) in [6.45, 7) is 2.02. The van der Waals surface area contributed by atoms with Crippen molar-refractivity contribution in [2.24, 2.45) is 0 Å². The maximum Gasteiger partial charge on any atom is 0.397 e. The number of sulfone groups is 1. The number of hydrogen-bond acceptors (Lipinski definition) is 6. The lowest BCUT2D eigenvalue weighted by molar-refractivity contribution is 0.284. The zero-order valence-electron chi connectivity index (χ0n) is 11.2. The molecular weight excluding hydrogens is 306 g/mol. The van der Waals surface area contributed by atoms with Crippen LogP contribution in [0.3, 0.4) is 0 Å². The first-order valence-electron chi connectivity index (χ1n) is 5.81. The maximum atomic E-state index is 12.0. The fourth-order valence-electron chi connectivity index (χ4n) is 1.46. The lowest BCUT2D eigenvalue weighted by Crippen LogP contribution is -2.18. The standard InChI is InChI=1S/C11H17NO6S2/c1-3-12(2)10-5-4-6-11(9-10)19(13,14)8-7-18-20(15,16)17/h4-6,9H,3,7-8H2,1-2H3,(H,15,16,17). The Balaban J connectivity index is 2.87. The molecule has 0 aliphatic heterocycles. The second kappa shape index (κ2) is 6.53. The number of hydrogen-bond donors (Lipinski definition) is 1. The van der Waals surface area contributed by atoms with Crippen LogP contribution in [0.25, 0.3) is 0 Å². The number of rotatable bonds is 7. The predicted molar refractivity (Wildman–Crippen MR) is 74.9 cm³/mol. The topological polar surface area (TPSA) is 101 Å². The van der Waals surface area contributed by atoms with E-state index in [0.29, 0.717) is 0 Å². The molecule has 1 aromatic rings. The molecule has 0 aliphatic carbocycles. The molecule has 0 bridgehead atoms. The Labute approximate surface area is 119 Å². The minimum Gasteiger partial charge on any atom is -0.375 e. The second-order valence-electron chi connectivity index (χ2n) is 4.08. The van der Waals surface area contributed by atoms with Crippen molar-refractivity contribution >= 4 is 25.9 Å². The van der Waals surface area contributed by atoms with Crippen molar-refractivity contribution in [3.8, 4) is 0 Å². The summed E-state index contributed by atoms with van der Waals surface area (Å²) in [4.78, 5) is 1.95. The maximum absolute atomic E-state index is 12.0. The van der Waals surface area contributed by atoms with Crippen LogP contribution in [0.15, 0.2) is 29.2 Å². The molecule has 0 atom stereocenters. The summed E-state index contributed by atoms with van der Waals surface area (Å²) in [7, 11) is -6.47. The number of anilines is 1. The van der Waals surface area contributed by atoms with E-state index in [1.54, 1.807) is 12.1 Å². The summed E-state index contributed by atoms with van der Waals surface area (Å²) in [6, 6.07) is 6.32. The smallest absolute Gasteiger partial charge is 0.375 e. The van der Waals surface area contributed by atoms with Crippen LogP contribution in [-0.2, 0) is 24.4 Å². The first kappa shape index (κ1) is 16.9. The molecular formula is C11H17NO6S2. The molecule has 1 rings (SSSR count). The van der Waals surface area contributed by atoms with Crippen molar-refractivity contribution in [1.29, 1.82) is 0 Å². The minimum atomic E-state index is -4.63. The quantitative estimate of drug-likeness (QED) is 0.738. The van der Waals surface area contributed by atoms with Crippen LogP contribution in [0.1, 0.15) is 6.92 Å². The number of benzene rings is 1. The molecule has 0 fully saturated rings. The average Bonchev–Trinajstić information content (AvgIpc) is 2.36. The van der Waals surface area contributed by atoms with Crippen LogP contribution >= 0.6 is 0 Å². The largest absolute Gasteiger partial charge is 0.397 e. The lowest BCUT2D eigenvalue weighted by Gasteiger charge is -2.17. The molecule has 20 heavy (non-hydrogen) atoms. The van der Waals surface area contributed by atoms with Gasteiger partial charge in [-0.05, 0) is 25.1 Å². The van der Waals surface area contributed by atoms with Crippen molar-refractivity contribution < 1.29 is 25.6 Å². The summed E-state index contributed by atoms with van der Waals surface area (Å²) in [5, 5.41) is 0. The van der Waals surface area contributed by atoms with Gasteiger partial charge in [-0.3, -0.25) is 4.55 Å². The third-order valence-electron chi connectivity index (χ3n) is 2.68. The molecule has 0 aliphatic rings. The third kappa shape index (κ3) is 5.08. The first-order valence-corrected chi connectivity index (χ1v) is 8.83. The highest BCUT2D eigenvalue weighted by molar-refractivity contribution is 7.91. The molecule has 0 unspecified atom stereocenters. The zero-order valence-corrected chi connectivity index (χ0v) is 12.8. The zero-order chi connectivity index (χ0) is 15.4. The van der Waals surface area contributed by atoms with Gasteiger partial charge in [-0.1, -0.05) is 6.07 Å². The third-order valence-corrected chi connectivity index (χ3v) is 4.82. The SMILES string of the molecule is CCN(C)c1cccc(S(=O)(=O)CCOS(=O)(=O)O)c1. The van der Waals surface area contributed by atoms with E-state index in [-0.39, 0.29) is 4.90 Å². The van der Waals surface area contributed by atoms with E-state index in [0.717, 1.165) is 12.2 Å². The Kier molecular flexibility index (Phi) is 5.51. The van der Waals surface area contributed by atoms with Gasteiger partial charge in [0.25, 0.3) is 0 Å². The lowest BCUT2D eigenvalue weighted by atomic mass is 10.3. The van der Waals surface area contributed by atoms with Crippen molar-refractivity contribution in [3.05, 3.63) is 24.3 Å². The Bertz CT molecular complexity index is 653. The van der Waals surface area contributed by atoms with Gasteiger partial charge in [0, 0.05) is 19.3 Å². The monoisotopic (exact) mass is 323 g/mol. The van der Waals surface area contributed by atoms with E-state index in [9.17, 15) is 16.8 Å². The van der Waals surface area contributed by atoms with Gasteiger partial charge in [0.15, 0.2) is 9.84 Å². The summed E-state index contributed by atoms with van der Waals surface area (Å²) in [6.07, 6.45) is 0. The van der Waals surface area contributed by atoms with E-state index < -0.39 is 32.6 Å². The Hall–Kier alpha value is -1.16. The van der Waals surface area contributed by atoms with Gasteiger partial charge in [-0.2, -0.15) is 8.42 Å². The van der Waals surface area contributed by atoms with Gasteiger partial charge >= 0.3 is 10.4 Å². The molecule has 0 saturated carbocycles. The predicted octanol–water partition coefficient (Wildman–Crippen LogP) is 0.736. The van der Waals surface area contributed by atoms with Gasteiger partial charge in [0.2, 0.25) is 0 Å². The van der Waals surface area contributed by atoms with Crippen LogP contribution in [0, 0.1) is 0 Å². The van der Waals surface area contributed by atoms with Crippen LogP contribution in [0.4, 0.5) is 5.69 Å². The van der Waals surface area contributed by atoms with E-state index in [4.69, 9.17) is 4.55 Å². The van der Waals surface area contributed by atoms with Gasteiger partial charge in [0.1, 0.15) is 0 Å². The van der Waals surface area contributed by atoms with E-state index in [1.165, 1.54) is 12.1 Å². The Morgan fingerprint density at radius 2 is 1.90 bits per heavy atom. The van der Waals surface area contributed by atoms with Crippen LogP contribution in [0.2, 0.25) is 0 Å². The van der Waals surface area contributed by atoms with Crippen molar-refractivity contribution in [3.63, 3.8) is 0 Å². The molecule has 0 aromatic heterocycles. The molecule has 0 heterocycles. The van der Waals surface area contributed by atoms with Crippen molar-refractivity contribution in [2.45, 2.75) is 11.8 Å². The molecule has 0 amide bonds. The molecule has 9 heteroatoms. The van der Waals surface area contributed by atoms with Crippen molar-refractivity contribution in [1.82, 2.24) is 0 Å². The van der Waals surface area contributed by atoms with E-state index >= 15 is 0 Å². The second-order valence-corrected chi connectivity index (χ2v) is 7.28. The van der Waals surface area contributed by atoms with Crippen LogP contribution in [0.5, 0.6) is 0 Å². The number of nitrogens with zero attached hydrogens (tertiary/aromatic N) is 1. The van der Waals surface area contributed by atoms with Crippen molar-refractivity contribution in [2.75, 3.05) is 30.9 Å². The normalized spacial score (nSPS) is 12.3. The molecule has 1 N–H and O–H groups in total. The molecule has 0 radical (unpaired) electrons. The molecule has 114 valence electrons. The fourth-order valence-corrected chi connectivity index (χ4v) is 2.99. The molecule has 7 nitrogen and oxygen atoms in total. The molecule has 0 spiro atoms. The first-order chi connectivity index (χ1) is 9.15. The van der Waals surface area contributed by atoms with Gasteiger partial charge < -0.3 is 4.90 Å². The minimum absolute atomic E-state index is 0.0780. The fraction of sp³-hybridized carbons (Fsp3) is 0.455. The van der Waals surface area contributed by atoms with Gasteiger partial charge in [-0.15, -0.1) is 0 Å². The van der Waals surface area contributed by atoms with Crippen LogP contribution in [-0.4, -0.2) is 47.3 Å². The Morgan fingerprint density at radius 3 is 2.45 bits per heavy atom. The van der Waals surface area contributed by atoms with Gasteiger partial charge in [0.05, 0.1) is 17.3 Å². The summed E-state index contributed by atoms with van der Waals surface area (Å²) in [5.41, 5.74) is 0.740. The van der Waals surface area contributed by atoms with E-state index in [2.05, 4.69) is 4.18 Å². The Morgan fingerprint density at radius 1 is 1.25 bits per heavy atom. The average molecular weight is 323 g/mol. The summed E-state index contributed by atoms with van der Waals surface area (Å²) < 4.78 is 57.2. The highest BCUT2D eigenvalue weighted by Crippen LogP contribution is 2.19. The summed E-state index contributed by atoms with van der Waals surface area (Å²) >= 11 is 0. The van der Waals surface area contributed by atoms with Crippen LogP contribution < -0.4 is 4.90 Å².